The lowest BCUT2D eigenvalue weighted by Gasteiger charge is -2.27. The molecule has 1 heterocycles. The normalized spacial score (nSPS) is 13.4. The minimum absolute atomic E-state index is 0.104. The highest BCUT2D eigenvalue weighted by molar-refractivity contribution is 7.99. The van der Waals surface area contributed by atoms with Crippen LogP contribution in [-0.2, 0) is 4.79 Å². The second kappa shape index (κ2) is 5.71. The van der Waals surface area contributed by atoms with Gasteiger partial charge in [-0.15, -0.1) is 0 Å². The molecular formula is C17H17NOS. The zero-order chi connectivity index (χ0) is 13.9. The van der Waals surface area contributed by atoms with E-state index in [0.29, 0.717) is 0 Å². The molecule has 1 aliphatic heterocycles. The summed E-state index contributed by atoms with van der Waals surface area (Å²) in [5, 5.41) is 3.04. The summed E-state index contributed by atoms with van der Waals surface area (Å²) in [5.74, 6) is -0.0813. The molecule has 3 rings (SSSR count). The Morgan fingerprint density at radius 3 is 2.15 bits per heavy atom. The van der Waals surface area contributed by atoms with Gasteiger partial charge >= 0.3 is 0 Å². The van der Waals surface area contributed by atoms with E-state index in [-0.39, 0.29) is 11.8 Å². The molecule has 20 heavy (non-hydrogen) atoms. The first-order valence-electron chi connectivity index (χ1n) is 6.94. The molecule has 2 aromatic carbocycles. The molecule has 1 amide bonds. The van der Waals surface area contributed by atoms with Gasteiger partial charge in [0, 0.05) is 16.3 Å². The molecule has 102 valence electrons. The summed E-state index contributed by atoms with van der Waals surface area (Å²) in [5.41, 5.74) is 2.23. The monoisotopic (exact) mass is 283 g/mol. The molecule has 0 atom stereocenters. The van der Waals surface area contributed by atoms with Gasteiger partial charge in [0.1, 0.15) is 0 Å². The van der Waals surface area contributed by atoms with Gasteiger partial charge in [-0.05, 0) is 29.7 Å². The van der Waals surface area contributed by atoms with Crippen LogP contribution < -0.4 is 5.32 Å². The van der Waals surface area contributed by atoms with E-state index < -0.39 is 0 Å². The fourth-order valence-corrected chi connectivity index (χ4v) is 3.68. The maximum Gasteiger partial charge on any atom is 0.232 e. The number of amides is 1. The smallest absolute Gasteiger partial charge is 0.232 e. The standard InChI is InChI=1S/C17H17NOS/c1-2-11-18-17(19)16-12-7-3-5-9-14(12)20-15-10-6-4-8-13(15)16/h3-10,16H,2,11H2,1H3,(H,18,19). The molecule has 3 heteroatoms. The van der Waals surface area contributed by atoms with Crippen molar-refractivity contribution in [1.82, 2.24) is 5.32 Å². The van der Waals surface area contributed by atoms with Crippen LogP contribution in [0.3, 0.4) is 0 Å². The molecule has 1 aliphatic rings. The summed E-state index contributed by atoms with van der Waals surface area (Å²) in [6.45, 7) is 2.80. The van der Waals surface area contributed by atoms with Gasteiger partial charge in [0.05, 0.1) is 5.92 Å². The molecule has 0 fully saturated rings. The summed E-state index contributed by atoms with van der Waals surface area (Å²) in [4.78, 5) is 14.9. The summed E-state index contributed by atoms with van der Waals surface area (Å²) in [6, 6.07) is 16.4. The Morgan fingerprint density at radius 1 is 1.05 bits per heavy atom. The van der Waals surface area contributed by atoms with Crippen molar-refractivity contribution < 1.29 is 4.79 Å². The van der Waals surface area contributed by atoms with Crippen molar-refractivity contribution in [3.63, 3.8) is 0 Å². The van der Waals surface area contributed by atoms with Gasteiger partial charge in [-0.2, -0.15) is 0 Å². The van der Waals surface area contributed by atoms with Crippen LogP contribution in [0.25, 0.3) is 0 Å². The first-order valence-corrected chi connectivity index (χ1v) is 7.76. The van der Waals surface area contributed by atoms with Crippen LogP contribution in [0, 0.1) is 0 Å². The molecule has 2 nitrogen and oxygen atoms in total. The summed E-state index contributed by atoms with van der Waals surface area (Å²) in [7, 11) is 0. The molecule has 0 spiro atoms. The first kappa shape index (κ1) is 13.3. The topological polar surface area (TPSA) is 29.1 Å². The van der Waals surface area contributed by atoms with Crippen LogP contribution in [0.1, 0.15) is 30.4 Å². The van der Waals surface area contributed by atoms with Crippen molar-refractivity contribution in [2.45, 2.75) is 29.1 Å². The van der Waals surface area contributed by atoms with Crippen LogP contribution in [-0.4, -0.2) is 12.5 Å². The molecule has 0 aliphatic carbocycles. The van der Waals surface area contributed by atoms with Crippen LogP contribution in [0.4, 0.5) is 0 Å². The predicted octanol–water partition coefficient (Wildman–Crippen LogP) is 3.81. The first-order chi connectivity index (χ1) is 9.81. The van der Waals surface area contributed by atoms with Crippen molar-refractivity contribution >= 4 is 17.7 Å². The average molecular weight is 283 g/mol. The van der Waals surface area contributed by atoms with Crippen molar-refractivity contribution in [3.05, 3.63) is 59.7 Å². The Hall–Kier alpha value is -1.74. The third-order valence-corrected chi connectivity index (χ3v) is 4.67. The number of fused-ring (bicyclic) bond motifs is 2. The maximum absolute atomic E-state index is 12.6. The van der Waals surface area contributed by atoms with E-state index in [9.17, 15) is 4.79 Å². The largest absolute Gasteiger partial charge is 0.355 e. The highest BCUT2D eigenvalue weighted by Gasteiger charge is 2.30. The van der Waals surface area contributed by atoms with Crippen molar-refractivity contribution in [1.29, 1.82) is 0 Å². The highest BCUT2D eigenvalue weighted by Crippen LogP contribution is 2.45. The van der Waals surface area contributed by atoms with Gasteiger partial charge in [-0.3, -0.25) is 4.79 Å². The fourth-order valence-electron chi connectivity index (χ4n) is 2.54. The molecule has 0 radical (unpaired) electrons. The van der Waals surface area contributed by atoms with Gasteiger partial charge in [0.25, 0.3) is 0 Å². The Balaban J connectivity index is 2.05. The van der Waals surface area contributed by atoms with Crippen molar-refractivity contribution in [3.8, 4) is 0 Å². The Morgan fingerprint density at radius 2 is 1.60 bits per heavy atom. The number of hydrogen-bond acceptors (Lipinski definition) is 2. The van der Waals surface area contributed by atoms with E-state index in [1.54, 1.807) is 11.8 Å². The third-order valence-electron chi connectivity index (χ3n) is 3.49. The zero-order valence-electron chi connectivity index (χ0n) is 11.4. The van der Waals surface area contributed by atoms with Crippen LogP contribution in [0.15, 0.2) is 58.3 Å². The minimum atomic E-state index is -0.185. The number of benzene rings is 2. The minimum Gasteiger partial charge on any atom is -0.355 e. The molecule has 0 saturated carbocycles. The average Bonchev–Trinajstić information content (AvgIpc) is 2.50. The molecule has 0 unspecified atom stereocenters. The lowest BCUT2D eigenvalue weighted by atomic mass is 9.90. The van der Waals surface area contributed by atoms with Crippen LogP contribution >= 0.6 is 11.8 Å². The highest BCUT2D eigenvalue weighted by atomic mass is 32.2. The SMILES string of the molecule is CCCNC(=O)C1c2ccccc2Sc2ccccc21. The van der Waals surface area contributed by atoms with E-state index in [1.807, 2.05) is 24.3 Å². The van der Waals surface area contributed by atoms with E-state index in [2.05, 4.69) is 36.5 Å². The number of rotatable bonds is 3. The summed E-state index contributed by atoms with van der Waals surface area (Å²) in [6.07, 6.45) is 0.955. The number of carbonyl (C=O) groups excluding carboxylic acids is 1. The molecule has 2 aromatic rings. The van der Waals surface area contributed by atoms with E-state index in [4.69, 9.17) is 0 Å². The Labute approximate surface area is 123 Å². The Bertz CT molecular complexity index is 593. The van der Waals surface area contributed by atoms with Crippen molar-refractivity contribution in [2.24, 2.45) is 0 Å². The third kappa shape index (κ3) is 2.34. The Kier molecular flexibility index (Phi) is 3.79. The molecule has 0 saturated heterocycles. The van der Waals surface area contributed by atoms with E-state index in [0.717, 1.165) is 24.1 Å². The molecule has 1 N–H and O–H groups in total. The predicted molar refractivity (Wildman–Crippen MR) is 82.2 cm³/mol. The maximum atomic E-state index is 12.6. The lowest BCUT2D eigenvalue weighted by molar-refractivity contribution is -0.121. The summed E-state index contributed by atoms with van der Waals surface area (Å²) < 4.78 is 0. The van der Waals surface area contributed by atoms with E-state index in [1.165, 1.54) is 9.79 Å². The number of hydrogen-bond donors (Lipinski definition) is 1. The van der Waals surface area contributed by atoms with Crippen LogP contribution in [0.2, 0.25) is 0 Å². The van der Waals surface area contributed by atoms with Crippen LogP contribution in [0.5, 0.6) is 0 Å². The van der Waals surface area contributed by atoms with E-state index >= 15 is 0 Å². The molecule has 0 bridgehead atoms. The number of nitrogens with one attached hydrogen (secondary N) is 1. The second-order valence-corrected chi connectivity index (χ2v) is 5.99. The molecular weight excluding hydrogens is 266 g/mol. The van der Waals surface area contributed by atoms with Gasteiger partial charge in [0.2, 0.25) is 5.91 Å². The summed E-state index contributed by atoms with van der Waals surface area (Å²) >= 11 is 1.75. The van der Waals surface area contributed by atoms with Gasteiger partial charge in [-0.25, -0.2) is 0 Å². The van der Waals surface area contributed by atoms with Gasteiger partial charge < -0.3 is 5.32 Å². The lowest BCUT2D eigenvalue weighted by Crippen LogP contribution is -2.31. The number of carbonyl (C=O) groups is 1. The quantitative estimate of drug-likeness (QED) is 0.928. The second-order valence-electron chi connectivity index (χ2n) is 4.90. The van der Waals surface area contributed by atoms with Gasteiger partial charge in [-0.1, -0.05) is 55.1 Å². The van der Waals surface area contributed by atoms with Gasteiger partial charge in [0.15, 0.2) is 0 Å². The molecule has 0 aromatic heterocycles. The fraction of sp³-hybridized carbons (Fsp3) is 0.235. The zero-order valence-corrected chi connectivity index (χ0v) is 12.2. The van der Waals surface area contributed by atoms with Crippen molar-refractivity contribution in [2.75, 3.05) is 6.54 Å².